The molecule has 2 aromatic rings. The van der Waals surface area contributed by atoms with E-state index < -0.39 is 23.2 Å². The van der Waals surface area contributed by atoms with Gasteiger partial charge >= 0.3 is 12.1 Å². The van der Waals surface area contributed by atoms with Crippen molar-refractivity contribution < 1.29 is 29.2 Å². The molecule has 22 heavy (non-hydrogen) atoms. The summed E-state index contributed by atoms with van der Waals surface area (Å²) in [5, 5.41) is 43.8. The zero-order valence-corrected chi connectivity index (χ0v) is 11.5. The normalized spacial score (nSPS) is 12.5. The minimum atomic E-state index is -3.99. The van der Waals surface area contributed by atoms with Gasteiger partial charge in [0.05, 0.1) is 11.1 Å². The number of nitrogens with zero attached hydrogens (tertiary/aromatic N) is 1. The molecule has 2 rings (SSSR count). The molecule has 0 bridgehead atoms. The van der Waals surface area contributed by atoms with Crippen LogP contribution < -0.4 is 5.49 Å². The van der Waals surface area contributed by atoms with Gasteiger partial charge < -0.3 is 25.0 Å². The standard InChI is InChI=1S/C14H14F2N2O4/c1-8-2-5-12(17)18(7-8)9-3-4-10(13(15,19)20)11(6-9)14(16,21)22/h2-7,17,19-22H,1H3. The molecule has 0 saturated heterocycles. The van der Waals surface area contributed by atoms with Crippen molar-refractivity contribution in [2.24, 2.45) is 0 Å². The second-order valence-corrected chi connectivity index (χ2v) is 4.87. The number of alkyl halides is 2. The number of benzene rings is 1. The van der Waals surface area contributed by atoms with Crippen LogP contribution >= 0.6 is 0 Å². The zero-order chi connectivity index (χ0) is 16.7. The maximum atomic E-state index is 13.5. The van der Waals surface area contributed by atoms with Crippen molar-refractivity contribution >= 4 is 0 Å². The number of aromatic nitrogens is 1. The van der Waals surface area contributed by atoms with Crippen LogP contribution in [0.2, 0.25) is 0 Å². The van der Waals surface area contributed by atoms with Crippen molar-refractivity contribution in [1.29, 1.82) is 5.41 Å². The second-order valence-electron chi connectivity index (χ2n) is 4.87. The Kier molecular flexibility index (Phi) is 3.88. The van der Waals surface area contributed by atoms with Gasteiger partial charge in [0.1, 0.15) is 5.49 Å². The number of aliphatic hydroxyl groups is 4. The molecular weight excluding hydrogens is 298 g/mol. The summed E-state index contributed by atoms with van der Waals surface area (Å²) in [5.41, 5.74) is -1.24. The first kappa shape index (κ1) is 16.2. The molecule has 6 nitrogen and oxygen atoms in total. The molecule has 0 atom stereocenters. The van der Waals surface area contributed by atoms with Gasteiger partial charge in [0, 0.05) is 11.9 Å². The largest absolute Gasteiger partial charge is 0.344 e. The number of hydrogen-bond donors (Lipinski definition) is 5. The molecule has 5 N–H and O–H groups in total. The molecule has 0 amide bonds. The van der Waals surface area contributed by atoms with Crippen molar-refractivity contribution in [3.63, 3.8) is 0 Å². The minimum absolute atomic E-state index is 0.00384. The SMILES string of the molecule is Cc1ccc(=N)n(-c2ccc(C(O)(O)F)c(C(O)(O)F)c2)c1. The molecule has 0 aliphatic carbocycles. The van der Waals surface area contributed by atoms with Gasteiger partial charge in [0.25, 0.3) is 0 Å². The van der Waals surface area contributed by atoms with Gasteiger partial charge in [-0.15, -0.1) is 0 Å². The van der Waals surface area contributed by atoms with Crippen LogP contribution in [0, 0.1) is 12.3 Å². The third-order valence-corrected chi connectivity index (χ3v) is 3.06. The third kappa shape index (κ3) is 3.20. The first-order valence-corrected chi connectivity index (χ1v) is 6.17. The van der Waals surface area contributed by atoms with Crippen LogP contribution in [-0.4, -0.2) is 25.0 Å². The maximum absolute atomic E-state index is 13.5. The summed E-state index contributed by atoms with van der Waals surface area (Å²) in [4.78, 5) is 0. The molecule has 8 heteroatoms. The first-order valence-electron chi connectivity index (χ1n) is 6.17. The fourth-order valence-electron chi connectivity index (χ4n) is 2.04. The van der Waals surface area contributed by atoms with Crippen LogP contribution in [0.4, 0.5) is 8.78 Å². The van der Waals surface area contributed by atoms with Gasteiger partial charge in [-0.3, -0.25) is 5.41 Å². The Morgan fingerprint density at radius 3 is 2.09 bits per heavy atom. The lowest BCUT2D eigenvalue weighted by molar-refractivity contribution is -0.290. The Labute approximate surface area is 123 Å². The molecule has 0 radical (unpaired) electrons. The maximum Gasteiger partial charge on any atom is 0.344 e. The Hall–Kier alpha value is -2.13. The summed E-state index contributed by atoms with van der Waals surface area (Å²) in [6, 6.07) is -2.02. The summed E-state index contributed by atoms with van der Waals surface area (Å²) in [6.45, 7) is 1.75. The van der Waals surface area contributed by atoms with Crippen molar-refractivity contribution in [3.05, 3.63) is 58.7 Å². The lowest BCUT2D eigenvalue weighted by atomic mass is 10.0. The highest BCUT2D eigenvalue weighted by Gasteiger charge is 2.37. The van der Waals surface area contributed by atoms with E-state index in [0.29, 0.717) is 0 Å². The fraction of sp³-hybridized carbons (Fsp3) is 0.214. The van der Waals surface area contributed by atoms with Gasteiger partial charge in [-0.1, -0.05) is 6.07 Å². The molecule has 0 spiro atoms. The predicted molar refractivity (Wildman–Crippen MR) is 70.8 cm³/mol. The average molecular weight is 312 g/mol. The molecule has 118 valence electrons. The molecule has 0 fully saturated rings. The molecule has 0 aliphatic rings. The predicted octanol–water partition coefficient (Wildman–Crippen LogP) is 0.394. The number of pyridine rings is 1. The van der Waals surface area contributed by atoms with E-state index in [1.165, 1.54) is 22.9 Å². The van der Waals surface area contributed by atoms with E-state index in [-0.39, 0.29) is 11.2 Å². The third-order valence-electron chi connectivity index (χ3n) is 3.06. The Morgan fingerprint density at radius 2 is 1.55 bits per heavy atom. The van der Waals surface area contributed by atoms with E-state index in [2.05, 4.69) is 0 Å². The number of nitrogens with one attached hydrogen (secondary N) is 1. The fourth-order valence-corrected chi connectivity index (χ4v) is 2.04. The van der Waals surface area contributed by atoms with Gasteiger partial charge in [-0.2, -0.15) is 8.78 Å². The van der Waals surface area contributed by atoms with E-state index in [0.717, 1.165) is 17.7 Å². The van der Waals surface area contributed by atoms with E-state index in [4.69, 9.17) is 25.8 Å². The van der Waals surface area contributed by atoms with E-state index in [1.807, 2.05) is 0 Å². The first-order chi connectivity index (χ1) is 10.00. The quantitative estimate of drug-likeness (QED) is 0.528. The topological polar surface area (TPSA) is 110 Å². The highest BCUT2D eigenvalue weighted by Crippen LogP contribution is 2.32. The van der Waals surface area contributed by atoms with Gasteiger partial charge in [-0.05, 0) is 36.8 Å². The molecule has 1 aromatic heterocycles. The summed E-state index contributed by atoms with van der Waals surface area (Å²) in [7, 11) is 0. The van der Waals surface area contributed by atoms with Crippen molar-refractivity contribution in [3.8, 4) is 5.69 Å². The van der Waals surface area contributed by atoms with Crippen molar-refractivity contribution in [2.45, 2.75) is 19.0 Å². The number of aryl methyl sites for hydroxylation is 1. The monoisotopic (exact) mass is 312 g/mol. The van der Waals surface area contributed by atoms with Gasteiger partial charge in [0.2, 0.25) is 0 Å². The van der Waals surface area contributed by atoms with Gasteiger partial charge in [0.15, 0.2) is 0 Å². The number of halogens is 2. The van der Waals surface area contributed by atoms with Crippen molar-refractivity contribution in [2.75, 3.05) is 0 Å². The van der Waals surface area contributed by atoms with Crippen LogP contribution in [0.25, 0.3) is 5.69 Å². The lowest BCUT2D eigenvalue weighted by Gasteiger charge is -2.22. The minimum Gasteiger partial charge on any atom is -0.336 e. The van der Waals surface area contributed by atoms with Crippen LogP contribution in [-0.2, 0) is 12.1 Å². The molecule has 1 aromatic carbocycles. The summed E-state index contributed by atoms with van der Waals surface area (Å²) < 4.78 is 28.0. The van der Waals surface area contributed by atoms with Gasteiger partial charge in [-0.25, -0.2) is 0 Å². The average Bonchev–Trinajstić information content (AvgIpc) is 2.39. The van der Waals surface area contributed by atoms with Crippen LogP contribution in [0.5, 0.6) is 0 Å². The smallest absolute Gasteiger partial charge is 0.336 e. The van der Waals surface area contributed by atoms with Crippen LogP contribution in [0.1, 0.15) is 16.7 Å². The number of rotatable bonds is 3. The molecule has 0 aliphatic heterocycles. The Morgan fingerprint density at radius 1 is 0.955 bits per heavy atom. The molecular formula is C14H14F2N2O4. The van der Waals surface area contributed by atoms with E-state index in [9.17, 15) is 8.78 Å². The van der Waals surface area contributed by atoms with E-state index in [1.54, 1.807) is 13.0 Å². The van der Waals surface area contributed by atoms with E-state index >= 15 is 0 Å². The lowest BCUT2D eigenvalue weighted by Crippen LogP contribution is -2.28. The Bertz CT molecular complexity index is 761. The Balaban J connectivity index is 2.72. The molecule has 0 unspecified atom stereocenters. The summed E-state index contributed by atoms with van der Waals surface area (Å²) in [6.07, 6.45) is 1.52. The summed E-state index contributed by atoms with van der Waals surface area (Å²) in [5.74, 6) is 0. The van der Waals surface area contributed by atoms with Crippen LogP contribution in [0.15, 0.2) is 36.5 Å². The highest BCUT2D eigenvalue weighted by atomic mass is 19.2. The molecule has 1 heterocycles. The molecule has 0 saturated carbocycles. The number of hydrogen-bond acceptors (Lipinski definition) is 5. The second kappa shape index (κ2) is 5.25. The zero-order valence-electron chi connectivity index (χ0n) is 11.5. The van der Waals surface area contributed by atoms with Crippen LogP contribution in [0.3, 0.4) is 0 Å². The highest BCUT2D eigenvalue weighted by molar-refractivity contribution is 5.43. The summed E-state index contributed by atoms with van der Waals surface area (Å²) >= 11 is 0. The van der Waals surface area contributed by atoms with Crippen molar-refractivity contribution in [1.82, 2.24) is 4.57 Å².